The molecule has 0 atom stereocenters. The number of phenolic OH excluding ortho intramolecular Hbond substituents is 1. The average molecular weight is 250 g/mol. The van der Waals surface area contributed by atoms with Gasteiger partial charge in [0.1, 0.15) is 5.75 Å². The van der Waals surface area contributed by atoms with E-state index in [0.29, 0.717) is 11.1 Å². The lowest BCUT2D eigenvalue weighted by atomic mass is 9.99. The normalized spacial score (nSPS) is 11.1. The maximum atomic E-state index is 12.0. The van der Waals surface area contributed by atoms with Crippen molar-refractivity contribution in [3.8, 4) is 5.75 Å². The SMILES string of the molecule is Cc1cc(C(=O)NC(C)(C)CC(N)=O)ccc1O. The van der Waals surface area contributed by atoms with E-state index in [0.717, 1.165) is 0 Å². The predicted octanol–water partition coefficient (Wildman–Crippen LogP) is 1.08. The Bertz CT molecular complexity index is 481. The van der Waals surface area contributed by atoms with Gasteiger partial charge in [0.15, 0.2) is 0 Å². The molecule has 0 spiro atoms. The van der Waals surface area contributed by atoms with Crippen molar-refractivity contribution in [2.24, 2.45) is 5.73 Å². The lowest BCUT2D eigenvalue weighted by Crippen LogP contribution is -2.46. The van der Waals surface area contributed by atoms with E-state index in [1.54, 1.807) is 26.8 Å². The van der Waals surface area contributed by atoms with Crippen LogP contribution in [0.2, 0.25) is 0 Å². The lowest BCUT2D eigenvalue weighted by molar-refractivity contribution is -0.119. The molecule has 0 radical (unpaired) electrons. The van der Waals surface area contributed by atoms with Crippen molar-refractivity contribution in [1.82, 2.24) is 5.32 Å². The third-order valence-corrected chi connectivity index (χ3v) is 2.53. The summed E-state index contributed by atoms with van der Waals surface area (Å²) in [7, 11) is 0. The first-order valence-corrected chi connectivity index (χ1v) is 5.62. The molecule has 0 heterocycles. The van der Waals surface area contributed by atoms with Crippen molar-refractivity contribution in [1.29, 1.82) is 0 Å². The maximum Gasteiger partial charge on any atom is 0.251 e. The van der Waals surface area contributed by atoms with Crippen LogP contribution < -0.4 is 11.1 Å². The molecule has 0 bridgehead atoms. The van der Waals surface area contributed by atoms with Crippen LogP contribution in [0.25, 0.3) is 0 Å². The molecule has 5 heteroatoms. The van der Waals surface area contributed by atoms with Crippen LogP contribution in [0, 0.1) is 6.92 Å². The Morgan fingerprint density at radius 1 is 1.39 bits per heavy atom. The highest BCUT2D eigenvalue weighted by atomic mass is 16.3. The van der Waals surface area contributed by atoms with Gasteiger partial charge >= 0.3 is 0 Å². The Balaban J connectivity index is 2.82. The summed E-state index contributed by atoms with van der Waals surface area (Å²) in [5, 5.41) is 12.1. The molecule has 1 aromatic carbocycles. The van der Waals surface area contributed by atoms with Crippen molar-refractivity contribution in [3.05, 3.63) is 29.3 Å². The fourth-order valence-corrected chi connectivity index (χ4v) is 1.66. The third kappa shape index (κ3) is 3.76. The predicted molar refractivity (Wildman–Crippen MR) is 68.2 cm³/mol. The summed E-state index contributed by atoms with van der Waals surface area (Å²) >= 11 is 0. The van der Waals surface area contributed by atoms with Crippen LogP contribution >= 0.6 is 0 Å². The summed E-state index contributed by atoms with van der Waals surface area (Å²) in [6.07, 6.45) is 0.0653. The van der Waals surface area contributed by atoms with Gasteiger partial charge < -0.3 is 16.2 Å². The Labute approximate surface area is 106 Å². The maximum absolute atomic E-state index is 12.0. The van der Waals surface area contributed by atoms with Crippen molar-refractivity contribution in [2.75, 3.05) is 0 Å². The number of nitrogens with one attached hydrogen (secondary N) is 1. The Hall–Kier alpha value is -2.04. The van der Waals surface area contributed by atoms with E-state index in [-0.39, 0.29) is 18.1 Å². The molecule has 0 unspecified atom stereocenters. The zero-order chi connectivity index (χ0) is 13.9. The molecule has 1 rings (SSSR count). The minimum atomic E-state index is -0.700. The Morgan fingerprint density at radius 2 is 2.00 bits per heavy atom. The molecule has 0 fully saturated rings. The minimum Gasteiger partial charge on any atom is -0.508 e. The monoisotopic (exact) mass is 250 g/mol. The van der Waals surface area contributed by atoms with Gasteiger partial charge in [0.25, 0.3) is 5.91 Å². The molecular weight excluding hydrogens is 232 g/mol. The van der Waals surface area contributed by atoms with Gasteiger partial charge in [-0.05, 0) is 44.5 Å². The third-order valence-electron chi connectivity index (χ3n) is 2.53. The number of rotatable bonds is 4. The molecule has 4 N–H and O–H groups in total. The highest BCUT2D eigenvalue weighted by molar-refractivity contribution is 5.95. The average Bonchev–Trinajstić information content (AvgIpc) is 2.19. The van der Waals surface area contributed by atoms with Crippen LogP contribution in [0.1, 0.15) is 36.2 Å². The lowest BCUT2D eigenvalue weighted by Gasteiger charge is -2.24. The second-order valence-corrected chi connectivity index (χ2v) is 4.98. The van der Waals surface area contributed by atoms with Gasteiger partial charge in [-0.1, -0.05) is 0 Å². The minimum absolute atomic E-state index is 0.0653. The fourth-order valence-electron chi connectivity index (χ4n) is 1.66. The zero-order valence-electron chi connectivity index (χ0n) is 10.8. The number of aryl methyl sites for hydroxylation is 1. The van der Waals surface area contributed by atoms with Crippen LogP contribution in [0.4, 0.5) is 0 Å². The summed E-state index contributed by atoms with van der Waals surface area (Å²) in [6.45, 7) is 5.16. The second-order valence-electron chi connectivity index (χ2n) is 4.98. The smallest absolute Gasteiger partial charge is 0.251 e. The van der Waals surface area contributed by atoms with Crippen LogP contribution in [-0.2, 0) is 4.79 Å². The van der Waals surface area contributed by atoms with Crippen LogP contribution in [0.5, 0.6) is 5.75 Å². The highest BCUT2D eigenvalue weighted by Gasteiger charge is 2.23. The fraction of sp³-hybridized carbons (Fsp3) is 0.385. The molecule has 0 saturated carbocycles. The Morgan fingerprint density at radius 3 is 2.50 bits per heavy atom. The molecule has 2 amide bonds. The molecule has 0 aromatic heterocycles. The second kappa shape index (κ2) is 5.08. The first-order valence-electron chi connectivity index (χ1n) is 5.62. The van der Waals surface area contributed by atoms with E-state index >= 15 is 0 Å². The first kappa shape index (κ1) is 14.0. The van der Waals surface area contributed by atoms with Gasteiger partial charge in [-0.3, -0.25) is 9.59 Å². The molecule has 5 nitrogen and oxygen atoms in total. The van der Waals surface area contributed by atoms with Gasteiger partial charge in [0.05, 0.1) is 0 Å². The molecular formula is C13H18N2O3. The summed E-state index contributed by atoms with van der Waals surface area (Å²) < 4.78 is 0. The van der Waals surface area contributed by atoms with E-state index in [4.69, 9.17) is 5.73 Å². The van der Waals surface area contributed by atoms with Gasteiger partial charge in [0, 0.05) is 17.5 Å². The number of hydrogen-bond acceptors (Lipinski definition) is 3. The van der Waals surface area contributed by atoms with E-state index in [1.807, 2.05) is 0 Å². The van der Waals surface area contributed by atoms with Crippen molar-refractivity contribution >= 4 is 11.8 Å². The largest absolute Gasteiger partial charge is 0.508 e. The number of phenols is 1. The Kier molecular flexibility index (Phi) is 3.96. The molecule has 0 saturated heterocycles. The molecule has 0 aliphatic heterocycles. The molecule has 1 aromatic rings. The summed E-state index contributed by atoms with van der Waals surface area (Å²) in [5.41, 5.74) is 5.47. The van der Waals surface area contributed by atoms with Crippen molar-refractivity contribution in [2.45, 2.75) is 32.7 Å². The van der Waals surface area contributed by atoms with E-state index in [2.05, 4.69) is 5.32 Å². The number of primary amides is 1. The van der Waals surface area contributed by atoms with E-state index in [9.17, 15) is 14.7 Å². The van der Waals surface area contributed by atoms with Gasteiger partial charge in [-0.15, -0.1) is 0 Å². The summed E-state index contributed by atoms with van der Waals surface area (Å²) in [6, 6.07) is 4.58. The van der Waals surface area contributed by atoms with Crippen LogP contribution in [0.15, 0.2) is 18.2 Å². The number of amides is 2. The van der Waals surface area contributed by atoms with Crippen LogP contribution in [0.3, 0.4) is 0 Å². The summed E-state index contributed by atoms with van der Waals surface area (Å²) in [5.74, 6) is -0.630. The first-order chi connectivity index (χ1) is 8.21. The highest BCUT2D eigenvalue weighted by Crippen LogP contribution is 2.18. The number of nitrogens with two attached hydrogens (primary N) is 1. The summed E-state index contributed by atoms with van der Waals surface area (Å²) in [4.78, 5) is 22.8. The van der Waals surface area contributed by atoms with E-state index in [1.165, 1.54) is 12.1 Å². The molecule has 98 valence electrons. The topological polar surface area (TPSA) is 92.4 Å². The standard InChI is InChI=1S/C13H18N2O3/c1-8-6-9(4-5-10(8)16)12(18)15-13(2,3)7-11(14)17/h4-6,16H,7H2,1-3H3,(H2,14,17)(H,15,18). The number of carbonyl (C=O) groups is 2. The van der Waals surface area contributed by atoms with E-state index < -0.39 is 11.4 Å². The number of benzene rings is 1. The molecule has 18 heavy (non-hydrogen) atoms. The van der Waals surface area contributed by atoms with Gasteiger partial charge in [0.2, 0.25) is 5.91 Å². The molecule has 0 aliphatic carbocycles. The number of carbonyl (C=O) groups excluding carboxylic acids is 2. The quantitative estimate of drug-likeness (QED) is 0.746. The number of hydrogen-bond donors (Lipinski definition) is 3. The van der Waals surface area contributed by atoms with Gasteiger partial charge in [-0.2, -0.15) is 0 Å². The van der Waals surface area contributed by atoms with Gasteiger partial charge in [-0.25, -0.2) is 0 Å². The zero-order valence-corrected chi connectivity index (χ0v) is 10.8. The van der Waals surface area contributed by atoms with Crippen LogP contribution in [-0.4, -0.2) is 22.5 Å². The van der Waals surface area contributed by atoms with Crippen molar-refractivity contribution in [3.63, 3.8) is 0 Å². The number of aromatic hydroxyl groups is 1. The molecule has 0 aliphatic rings. The van der Waals surface area contributed by atoms with Crippen molar-refractivity contribution < 1.29 is 14.7 Å².